The molecule has 5 nitrogen and oxygen atoms in total. The van der Waals surface area contributed by atoms with E-state index < -0.39 is 5.97 Å². The quantitative estimate of drug-likeness (QED) is 0.927. The van der Waals surface area contributed by atoms with Crippen LogP contribution in [0.1, 0.15) is 36.5 Å². The van der Waals surface area contributed by atoms with Crippen LogP contribution in [-0.2, 0) is 20.7 Å². The number of piperidine rings is 1. The van der Waals surface area contributed by atoms with Crippen molar-refractivity contribution >= 4 is 11.9 Å². The second kappa shape index (κ2) is 6.48. The van der Waals surface area contributed by atoms with Gasteiger partial charge in [-0.2, -0.15) is 0 Å². The SMILES string of the molecule is O=C(O)C1CCN(C(=O)C[C@H]2OCCc3ccccc32)CC1. The fourth-order valence-electron chi connectivity index (χ4n) is 3.31. The molecule has 2 heterocycles. The minimum atomic E-state index is -0.753. The third-order valence-electron chi connectivity index (χ3n) is 4.65. The number of fused-ring (bicyclic) bond motifs is 1. The van der Waals surface area contributed by atoms with Gasteiger partial charge in [-0.05, 0) is 30.4 Å². The normalized spacial score (nSPS) is 22.2. The van der Waals surface area contributed by atoms with E-state index in [0.717, 1.165) is 12.0 Å². The molecule has 1 saturated heterocycles. The number of likely N-dealkylation sites (tertiary alicyclic amines) is 1. The molecule has 1 aromatic rings. The van der Waals surface area contributed by atoms with E-state index in [1.165, 1.54) is 5.56 Å². The first kappa shape index (κ1) is 15.0. The van der Waals surface area contributed by atoms with Gasteiger partial charge < -0.3 is 14.7 Å². The lowest BCUT2D eigenvalue weighted by Crippen LogP contribution is -2.41. The zero-order valence-corrected chi connectivity index (χ0v) is 12.5. The Balaban J connectivity index is 1.60. The van der Waals surface area contributed by atoms with Gasteiger partial charge in [0.2, 0.25) is 5.91 Å². The molecule has 3 rings (SSSR count). The van der Waals surface area contributed by atoms with Crippen molar-refractivity contribution in [1.82, 2.24) is 4.90 Å². The van der Waals surface area contributed by atoms with Crippen LogP contribution in [0.2, 0.25) is 0 Å². The summed E-state index contributed by atoms with van der Waals surface area (Å²) in [6.07, 6.45) is 2.15. The molecule has 1 atom stereocenters. The highest BCUT2D eigenvalue weighted by atomic mass is 16.5. The molecule has 0 radical (unpaired) electrons. The number of hydrogen-bond donors (Lipinski definition) is 1. The van der Waals surface area contributed by atoms with Gasteiger partial charge in [0.25, 0.3) is 0 Å². The number of aliphatic carboxylic acids is 1. The molecule has 0 bridgehead atoms. The van der Waals surface area contributed by atoms with Gasteiger partial charge in [-0.25, -0.2) is 0 Å². The third kappa shape index (κ3) is 3.14. The summed E-state index contributed by atoms with van der Waals surface area (Å²) in [6.45, 7) is 1.71. The number of ether oxygens (including phenoxy) is 1. The number of carboxylic acids is 1. The molecule has 0 unspecified atom stereocenters. The van der Waals surface area contributed by atoms with Gasteiger partial charge in [-0.3, -0.25) is 9.59 Å². The van der Waals surface area contributed by atoms with Gasteiger partial charge in [0, 0.05) is 13.1 Å². The molecule has 22 heavy (non-hydrogen) atoms. The van der Waals surface area contributed by atoms with Crippen molar-refractivity contribution in [3.63, 3.8) is 0 Å². The van der Waals surface area contributed by atoms with Gasteiger partial charge in [-0.1, -0.05) is 24.3 Å². The Morgan fingerprint density at radius 3 is 2.68 bits per heavy atom. The number of benzene rings is 1. The molecular weight excluding hydrogens is 282 g/mol. The molecule has 1 fully saturated rings. The number of rotatable bonds is 3. The summed E-state index contributed by atoms with van der Waals surface area (Å²) in [5.41, 5.74) is 2.37. The van der Waals surface area contributed by atoms with Gasteiger partial charge in [0.05, 0.1) is 25.0 Å². The number of carbonyl (C=O) groups excluding carboxylic acids is 1. The van der Waals surface area contributed by atoms with E-state index in [1.807, 2.05) is 18.2 Å². The predicted molar refractivity (Wildman–Crippen MR) is 80.4 cm³/mol. The van der Waals surface area contributed by atoms with E-state index in [-0.39, 0.29) is 17.9 Å². The van der Waals surface area contributed by atoms with Crippen molar-refractivity contribution in [3.8, 4) is 0 Å². The Morgan fingerprint density at radius 2 is 1.95 bits per heavy atom. The number of carbonyl (C=O) groups is 2. The summed E-state index contributed by atoms with van der Waals surface area (Å²) in [5.74, 6) is -1.00. The zero-order chi connectivity index (χ0) is 15.5. The van der Waals surface area contributed by atoms with Crippen LogP contribution in [0.5, 0.6) is 0 Å². The summed E-state index contributed by atoms with van der Waals surface area (Å²) < 4.78 is 5.78. The standard InChI is InChI=1S/C17H21NO4/c19-16(18-8-5-13(6-9-18)17(20)21)11-15-14-4-2-1-3-12(14)7-10-22-15/h1-4,13,15H,5-11H2,(H,20,21)/t15-/m1/s1. The fraction of sp³-hybridized carbons (Fsp3) is 0.529. The maximum atomic E-state index is 12.5. The molecule has 5 heteroatoms. The highest BCUT2D eigenvalue weighted by Gasteiger charge is 2.30. The van der Waals surface area contributed by atoms with E-state index in [4.69, 9.17) is 9.84 Å². The highest BCUT2D eigenvalue weighted by Crippen LogP contribution is 2.30. The van der Waals surface area contributed by atoms with Crippen LogP contribution in [0.25, 0.3) is 0 Å². The maximum absolute atomic E-state index is 12.5. The minimum absolute atomic E-state index is 0.0607. The lowest BCUT2D eigenvalue weighted by molar-refractivity contribution is -0.146. The summed E-state index contributed by atoms with van der Waals surface area (Å²) in [7, 11) is 0. The van der Waals surface area contributed by atoms with Crippen LogP contribution in [0.4, 0.5) is 0 Å². The van der Waals surface area contributed by atoms with E-state index in [9.17, 15) is 9.59 Å². The van der Waals surface area contributed by atoms with Crippen molar-refractivity contribution in [2.45, 2.75) is 31.8 Å². The van der Waals surface area contributed by atoms with E-state index in [0.29, 0.717) is 39.0 Å². The van der Waals surface area contributed by atoms with E-state index in [1.54, 1.807) is 4.90 Å². The number of carboxylic acid groups (broad SMARTS) is 1. The van der Waals surface area contributed by atoms with Crippen molar-refractivity contribution in [2.75, 3.05) is 19.7 Å². The molecule has 1 N–H and O–H groups in total. The average Bonchev–Trinajstić information content (AvgIpc) is 2.55. The second-order valence-corrected chi connectivity index (χ2v) is 6.01. The van der Waals surface area contributed by atoms with E-state index in [2.05, 4.69) is 6.07 Å². The molecule has 1 aromatic carbocycles. The fourth-order valence-corrected chi connectivity index (χ4v) is 3.31. The summed E-state index contributed by atoms with van der Waals surface area (Å²) in [6, 6.07) is 8.11. The van der Waals surface area contributed by atoms with E-state index >= 15 is 0 Å². The molecule has 118 valence electrons. The maximum Gasteiger partial charge on any atom is 0.306 e. The summed E-state index contributed by atoms with van der Waals surface area (Å²) in [5, 5.41) is 9.01. The molecule has 0 aliphatic carbocycles. The Kier molecular flexibility index (Phi) is 4.43. The lowest BCUT2D eigenvalue weighted by atomic mass is 9.94. The minimum Gasteiger partial charge on any atom is -0.481 e. The Labute approximate surface area is 129 Å². The number of nitrogens with zero attached hydrogens (tertiary/aromatic N) is 1. The zero-order valence-electron chi connectivity index (χ0n) is 12.5. The topological polar surface area (TPSA) is 66.8 Å². The van der Waals surface area contributed by atoms with Crippen LogP contribution in [0, 0.1) is 5.92 Å². The first-order valence-electron chi connectivity index (χ1n) is 7.85. The Bertz CT molecular complexity index is 564. The lowest BCUT2D eigenvalue weighted by Gasteiger charge is -2.32. The predicted octanol–water partition coefficient (Wildman–Crippen LogP) is 2.01. The van der Waals surface area contributed by atoms with Crippen molar-refractivity contribution in [1.29, 1.82) is 0 Å². The van der Waals surface area contributed by atoms with Crippen molar-refractivity contribution in [2.24, 2.45) is 5.92 Å². The summed E-state index contributed by atoms with van der Waals surface area (Å²) in [4.78, 5) is 25.2. The number of hydrogen-bond acceptors (Lipinski definition) is 3. The van der Waals surface area contributed by atoms with Crippen molar-refractivity contribution in [3.05, 3.63) is 35.4 Å². The molecule has 1 amide bonds. The largest absolute Gasteiger partial charge is 0.481 e. The smallest absolute Gasteiger partial charge is 0.306 e. The average molecular weight is 303 g/mol. The third-order valence-corrected chi connectivity index (χ3v) is 4.65. The second-order valence-electron chi connectivity index (χ2n) is 6.01. The van der Waals surface area contributed by atoms with Gasteiger partial charge in [-0.15, -0.1) is 0 Å². The highest BCUT2D eigenvalue weighted by molar-refractivity contribution is 5.77. The van der Waals surface area contributed by atoms with Crippen LogP contribution >= 0.6 is 0 Å². The van der Waals surface area contributed by atoms with Crippen LogP contribution in [0.15, 0.2) is 24.3 Å². The van der Waals surface area contributed by atoms with Gasteiger partial charge in [0.1, 0.15) is 0 Å². The number of amides is 1. The monoisotopic (exact) mass is 303 g/mol. The Hall–Kier alpha value is -1.88. The van der Waals surface area contributed by atoms with Gasteiger partial charge >= 0.3 is 5.97 Å². The first-order chi connectivity index (χ1) is 10.6. The molecular formula is C17H21NO4. The summed E-state index contributed by atoms with van der Waals surface area (Å²) >= 11 is 0. The molecule has 2 aliphatic rings. The van der Waals surface area contributed by atoms with Gasteiger partial charge in [0.15, 0.2) is 0 Å². The van der Waals surface area contributed by atoms with Crippen LogP contribution in [-0.4, -0.2) is 41.6 Å². The Morgan fingerprint density at radius 1 is 1.23 bits per heavy atom. The van der Waals surface area contributed by atoms with Crippen LogP contribution < -0.4 is 0 Å². The van der Waals surface area contributed by atoms with Crippen molar-refractivity contribution < 1.29 is 19.4 Å². The molecule has 0 spiro atoms. The molecule has 2 aliphatic heterocycles. The van der Waals surface area contributed by atoms with Crippen LogP contribution in [0.3, 0.4) is 0 Å². The molecule has 0 saturated carbocycles. The molecule has 0 aromatic heterocycles. The first-order valence-corrected chi connectivity index (χ1v) is 7.85.